The molecule has 0 saturated carbocycles. The van der Waals surface area contributed by atoms with Gasteiger partial charge in [0.15, 0.2) is 0 Å². The van der Waals surface area contributed by atoms with Crippen molar-refractivity contribution in [3.05, 3.63) is 59.7 Å². The highest BCUT2D eigenvalue weighted by Gasteiger charge is 2.46. The van der Waals surface area contributed by atoms with Gasteiger partial charge in [0.25, 0.3) is 0 Å². The zero-order valence-corrected chi connectivity index (χ0v) is 20.4. The average molecular weight is 483 g/mol. The third-order valence-electron chi connectivity index (χ3n) is 6.44. The van der Waals surface area contributed by atoms with Crippen LogP contribution in [0.1, 0.15) is 50.7 Å². The lowest BCUT2D eigenvalue weighted by Gasteiger charge is -2.35. The van der Waals surface area contributed by atoms with Crippen LogP contribution in [0.2, 0.25) is 0 Å². The van der Waals surface area contributed by atoms with Gasteiger partial charge in [-0.15, -0.1) is 11.8 Å². The van der Waals surface area contributed by atoms with Crippen LogP contribution in [0.3, 0.4) is 0 Å². The van der Waals surface area contributed by atoms with E-state index in [0.717, 1.165) is 28.7 Å². The van der Waals surface area contributed by atoms with Crippen molar-refractivity contribution in [2.45, 2.75) is 56.5 Å². The summed E-state index contributed by atoms with van der Waals surface area (Å²) in [5.74, 6) is -1.20. The van der Waals surface area contributed by atoms with Gasteiger partial charge in [-0.1, -0.05) is 61.9 Å². The summed E-state index contributed by atoms with van der Waals surface area (Å²) in [4.78, 5) is 39.3. The number of fused-ring (bicyclic) bond motifs is 3. The molecule has 1 heterocycles. The van der Waals surface area contributed by atoms with E-state index < -0.39 is 29.6 Å². The summed E-state index contributed by atoms with van der Waals surface area (Å²) in [6, 6.07) is 15.2. The Balaban J connectivity index is 1.44. The van der Waals surface area contributed by atoms with Crippen molar-refractivity contribution in [2.75, 3.05) is 12.4 Å². The Morgan fingerprint density at radius 3 is 2.24 bits per heavy atom. The quantitative estimate of drug-likeness (QED) is 0.605. The number of carboxylic acid groups (broad SMARTS) is 1. The fourth-order valence-electron chi connectivity index (χ4n) is 4.76. The summed E-state index contributed by atoms with van der Waals surface area (Å²) in [7, 11) is 0. The molecular formula is C26H30N2O5S. The Kier molecular flexibility index (Phi) is 6.89. The summed E-state index contributed by atoms with van der Waals surface area (Å²) in [5, 5.41) is 12.1. The number of carbonyl (C=O) groups excluding carboxylic acids is 2. The van der Waals surface area contributed by atoms with Gasteiger partial charge in [0.2, 0.25) is 5.91 Å². The van der Waals surface area contributed by atoms with Crippen molar-refractivity contribution in [1.29, 1.82) is 0 Å². The first kappa shape index (κ1) is 24.1. The number of nitrogens with one attached hydrogen (secondary N) is 1. The van der Waals surface area contributed by atoms with Crippen molar-refractivity contribution in [3.8, 4) is 11.1 Å². The first-order valence-electron chi connectivity index (χ1n) is 11.5. The zero-order chi connectivity index (χ0) is 24.5. The van der Waals surface area contributed by atoms with Gasteiger partial charge in [-0.3, -0.25) is 4.79 Å². The number of hydrogen-bond acceptors (Lipinski definition) is 5. The van der Waals surface area contributed by atoms with E-state index >= 15 is 0 Å². The molecule has 2 atom stereocenters. The van der Waals surface area contributed by atoms with Gasteiger partial charge in [0.05, 0.1) is 5.37 Å². The van der Waals surface area contributed by atoms with Crippen LogP contribution < -0.4 is 5.32 Å². The number of rotatable bonds is 7. The van der Waals surface area contributed by atoms with Crippen LogP contribution in [0, 0.1) is 0 Å². The fraction of sp³-hybridized carbons (Fsp3) is 0.423. The van der Waals surface area contributed by atoms with Gasteiger partial charge in [0.1, 0.15) is 18.2 Å². The highest BCUT2D eigenvalue weighted by Crippen LogP contribution is 2.44. The van der Waals surface area contributed by atoms with Crippen LogP contribution in [0.25, 0.3) is 11.1 Å². The lowest BCUT2D eigenvalue weighted by atomic mass is 9.98. The summed E-state index contributed by atoms with van der Waals surface area (Å²) in [5.41, 5.74) is 3.17. The summed E-state index contributed by atoms with van der Waals surface area (Å²) < 4.78 is 5.59. The van der Waals surface area contributed by atoms with Crippen molar-refractivity contribution in [3.63, 3.8) is 0 Å². The van der Waals surface area contributed by atoms with E-state index in [1.54, 1.807) is 13.8 Å². The van der Waals surface area contributed by atoms with E-state index in [-0.39, 0.29) is 17.9 Å². The minimum atomic E-state index is -1.31. The number of nitrogens with zero attached hydrogens (tertiary/aromatic N) is 1. The molecule has 0 bridgehead atoms. The van der Waals surface area contributed by atoms with Gasteiger partial charge in [0, 0.05) is 11.7 Å². The molecular weight excluding hydrogens is 452 g/mol. The maximum atomic E-state index is 13.4. The van der Waals surface area contributed by atoms with Gasteiger partial charge in [-0.2, -0.15) is 0 Å². The summed E-state index contributed by atoms with van der Waals surface area (Å²) in [6.07, 6.45) is 0.820. The number of benzene rings is 2. The molecule has 2 aromatic rings. The molecule has 1 aliphatic carbocycles. The highest BCUT2D eigenvalue weighted by molar-refractivity contribution is 8.00. The molecule has 1 aliphatic heterocycles. The number of hydrogen-bond donors (Lipinski definition) is 2. The van der Waals surface area contributed by atoms with E-state index in [1.807, 2.05) is 43.3 Å². The first-order chi connectivity index (χ1) is 16.2. The Morgan fingerprint density at radius 1 is 1.09 bits per heavy atom. The number of aliphatic carboxylic acids is 1. The lowest BCUT2D eigenvalue weighted by Crippen LogP contribution is -2.59. The minimum absolute atomic E-state index is 0.0859. The van der Waals surface area contributed by atoms with E-state index in [1.165, 1.54) is 16.7 Å². The van der Waals surface area contributed by atoms with E-state index in [9.17, 15) is 19.5 Å². The van der Waals surface area contributed by atoms with E-state index in [2.05, 4.69) is 17.4 Å². The van der Waals surface area contributed by atoms with E-state index in [4.69, 9.17) is 4.74 Å². The van der Waals surface area contributed by atoms with Crippen LogP contribution >= 0.6 is 11.8 Å². The number of alkyl carbamates (subject to hydrolysis) is 1. The molecule has 8 heteroatoms. The molecule has 1 saturated heterocycles. The molecule has 2 amide bonds. The van der Waals surface area contributed by atoms with Crippen molar-refractivity contribution in [1.82, 2.24) is 10.2 Å². The number of ether oxygens (including phenoxy) is 1. The normalized spacial score (nSPS) is 19.4. The molecule has 0 aromatic heterocycles. The van der Waals surface area contributed by atoms with Crippen LogP contribution in [0.5, 0.6) is 0 Å². The second-order valence-corrected chi connectivity index (χ2v) is 10.4. The van der Waals surface area contributed by atoms with Crippen LogP contribution in [-0.4, -0.2) is 57.3 Å². The fourth-order valence-corrected chi connectivity index (χ4v) is 6.27. The number of thioether (sulfide) groups is 1. The summed E-state index contributed by atoms with van der Waals surface area (Å²) >= 11 is 1.47. The first-order valence-corrected chi connectivity index (χ1v) is 12.6. The Hall–Kier alpha value is -3.00. The Morgan fingerprint density at radius 2 is 1.68 bits per heavy atom. The van der Waals surface area contributed by atoms with Crippen molar-refractivity contribution < 1.29 is 24.2 Å². The molecule has 2 aliphatic rings. The maximum absolute atomic E-state index is 13.4. The van der Waals surface area contributed by atoms with Crippen LogP contribution in [0.15, 0.2) is 48.5 Å². The van der Waals surface area contributed by atoms with Gasteiger partial charge < -0.3 is 20.1 Å². The Labute approximate surface area is 203 Å². The standard InChI is InChI=1S/C26H30N2O5S/c1-4-9-22-28(21(15-34-22)23(29)30)24(31)26(2,3)27-25(32)33-14-20-18-12-7-5-10-16(18)17-11-6-8-13-19(17)20/h5-8,10-13,20-22H,4,9,14-15H2,1-3H3,(H,27,32)(H,29,30). The molecule has 34 heavy (non-hydrogen) atoms. The third kappa shape index (κ3) is 4.51. The van der Waals surface area contributed by atoms with Crippen LogP contribution in [-0.2, 0) is 14.3 Å². The second kappa shape index (κ2) is 9.70. The predicted octanol–water partition coefficient (Wildman–Crippen LogP) is 4.46. The number of amides is 2. The molecule has 0 radical (unpaired) electrons. The number of carbonyl (C=O) groups is 3. The molecule has 180 valence electrons. The monoisotopic (exact) mass is 482 g/mol. The molecule has 7 nitrogen and oxygen atoms in total. The Bertz CT molecular complexity index is 1060. The third-order valence-corrected chi connectivity index (χ3v) is 7.80. The highest BCUT2D eigenvalue weighted by atomic mass is 32.2. The largest absolute Gasteiger partial charge is 0.480 e. The molecule has 2 N–H and O–H groups in total. The number of carboxylic acids is 1. The second-order valence-electron chi connectivity index (χ2n) is 9.22. The summed E-state index contributed by atoms with van der Waals surface area (Å²) in [6.45, 7) is 5.31. The molecule has 1 fully saturated rings. The molecule has 2 unspecified atom stereocenters. The maximum Gasteiger partial charge on any atom is 0.408 e. The SMILES string of the molecule is CCCC1SCC(C(=O)O)N1C(=O)C(C)(C)NC(=O)OCC1c2ccccc2-c2ccccc21. The van der Waals surface area contributed by atoms with Crippen LogP contribution in [0.4, 0.5) is 4.79 Å². The van der Waals surface area contributed by atoms with Gasteiger partial charge in [-0.05, 0) is 42.5 Å². The van der Waals surface area contributed by atoms with E-state index in [0.29, 0.717) is 12.2 Å². The topological polar surface area (TPSA) is 95.9 Å². The molecule has 2 aromatic carbocycles. The van der Waals surface area contributed by atoms with Gasteiger partial charge in [-0.25, -0.2) is 9.59 Å². The zero-order valence-electron chi connectivity index (χ0n) is 19.6. The average Bonchev–Trinajstić information content (AvgIpc) is 3.36. The minimum Gasteiger partial charge on any atom is -0.480 e. The van der Waals surface area contributed by atoms with Crippen molar-refractivity contribution >= 4 is 29.7 Å². The smallest absolute Gasteiger partial charge is 0.408 e. The van der Waals surface area contributed by atoms with Crippen molar-refractivity contribution in [2.24, 2.45) is 0 Å². The predicted molar refractivity (Wildman–Crippen MR) is 132 cm³/mol. The molecule has 0 spiro atoms. The lowest BCUT2D eigenvalue weighted by molar-refractivity contribution is -0.151. The molecule has 4 rings (SSSR count). The van der Waals surface area contributed by atoms with Gasteiger partial charge >= 0.3 is 12.1 Å².